The molecule has 4 aromatic rings. The summed E-state index contributed by atoms with van der Waals surface area (Å²) in [5.41, 5.74) is 2.34. The van der Waals surface area contributed by atoms with Crippen molar-refractivity contribution in [3.8, 4) is 11.5 Å². The van der Waals surface area contributed by atoms with Gasteiger partial charge in [-0.05, 0) is 57.3 Å². The number of rotatable bonds is 8. The molecule has 0 aliphatic heterocycles. The highest BCUT2D eigenvalue weighted by Crippen LogP contribution is 2.36. The van der Waals surface area contributed by atoms with E-state index in [1.807, 2.05) is 24.3 Å². The predicted molar refractivity (Wildman–Crippen MR) is 137 cm³/mol. The van der Waals surface area contributed by atoms with Gasteiger partial charge in [0.15, 0.2) is 11.5 Å². The molecule has 35 heavy (non-hydrogen) atoms. The highest BCUT2D eigenvalue weighted by Gasteiger charge is 2.32. The molecule has 0 bridgehead atoms. The van der Waals surface area contributed by atoms with Gasteiger partial charge in [0.05, 0.1) is 30.7 Å². The number of fused-ring (bicyclic) bond motifs is 1. The number of anilines is 4. The van der Waals surface area contributed by atoms with Crippen LogP contribution < -0.4 is 20.1 Å². The summed E-state index contributed by atoms with van der Waals surface area (Å²) in [5.74, 6) is 2.46. The fraction of sp³-hybridized carbons (Fsp3) is 0.280. The van der Waals surface area contributed by atoms with Crippen molar-refractivity contribution in [2.75, 3.05) is 31.8 Å². The maximum absolute atomic E-state index is 6.14. The number of benzene rings is 1. The Balaban J connectivity index is 1.27. The minimum Gasteiger partial charge on any atom is -0.493 e. The number of nitrogens with one attached hydrogen (secondary N) is 2. The van der Waals surface area contributed by atoms with Crippen molar-refractivity contribution in [2.24, 2.45) is 0 Å². The van der Waals surface area contributed by atoms with Gasteiger partial charge >= 0.3 is 0 Å². The van der Waals surface area contributed by atoms with Gasteiger partial charge < -0.3 is 25.0 Å². The molecule has 3 heterocycles. The lowest BCUT2D eigenvalue weighted by atomic mass is 9.88. The predicted octanol–water partition coefficient (Wildman–Crippen LogP) is 5.04. The van der Waals surface area contributed by atoms with Crippen LogP contribution in [0.1, 0.15) is 12.8 Å². The van der Waals surface area contributed by atoms with E-state index < -0.39 is 0 Å². The van der Waals surface area contributed by atoms with E-state index in [1.54, 1.807) is 37.8 Å². The fourth-order valence-electron chi connectivity index (χ4n) is 3.92. The van der Waals surface area contributed by atoms with Crippen LogP contribution in [0.2, 0.25) is 5.15 Å². The highest BCUT2D eigenvalue weighted by molar-refractivity contribution is 6.30. The van der Waals surface area contributed by atoms with Crippen molar-refractivity contribution in [2.45, 2.75) is 25.0 Å². The molecule has 1 aliphatic rings. The van der Waals surface area contributed by atoms with Crippen LogP contribution in [-0.2, 0) is 0 Å². The largest absolute Gasteiger partial charge is 0.493 e. The lowest BCUT2D eigenvalue weighted by Gasteiger charge is -2.39. The van der Waals surface area contributed by atoms with Crippen LogP contribution >= 0.6 is 11.6 Å². The summed E-state index contributed by atoms with van der Waals surface area (Å²) >= 11 is 6.01. The minimum atomic E-state index is 0.207. The normalized spacial score (nSPS) is 17.2. The summed E-state index contributed by atoms with van der Waals surface area (Å²) in [7, 11) is 5.83. The van der Waals surface area contributed by atoms with Crippen molar-refractivity contribution in [3.05, 3.63) is 60.1 Å². The zero-order valence-corrected chi connectivity index (χ0v) is 20.5. The van der Waals surface area contributed by atoms with Crippen molar-refractivity contribution in [3.63, 3.8) is 0 Å². The van der Waals surface area contributed by atoms with Gasteiger partial charge in [0.1, 0.15) is 17.1 Å². The second-order valence-electron chi connectivity index (χ2n) is 8.63. The summed E-state index contributed by atoms with van der Waals surface area (Å²) in [6.45, 7) is 0. The summed E-state index contributed by atoms with van der Waals surface area (Å²) in [4.78, 5) is 19.6. The van der Waals surface area contributed by atoms with Gasteiger partial charge in [-0.25, -0.2) is 9.97 Å². The lowest BCUT2D eigenvalue weighted by molar-refractivity contribution is 0.0383. The Morgan fingerprint density at radius 1 is 0.943 bits per heavy atom. The third-order valence-corrected chi connectivity index (χ3v) is 6.18. The number of halogens is 1. The monoisotopic (exact) mass is 491 g/mol. The Morgan fingerprint density at radius 3 is 2.60 bits per heavy atom. The van der Waals surface area contributed by atoms with Crippen molar-refractivity contribution >= 4 is 45.6 Å². The van der Waals surface area contributed by atoms with E-state index in [0.29, 0.717) is 28.7 Å². The van der Waals surface area contributed by atoms with Crippen LogP contribution in [0.25, 0.3) is 10.9 Å². The van der Waals surface area contributed by atoms with Gasteiger partial charge in [0.2, 0.25) is 5.95 Å². The maximum atomic E-state index is 6.14. The molecule has 0 saturated heterocycles. The molecule has 9 nitrogen and oxygen atoms in total. The Kier molecular flexibility index (Phi) is 6.52. The van der Waals surface area contributed by atoms with Crippen LogP contribution in [-0.4, -0.2) is 58.2 Å². The van der Waals surface area contributed by atoms with Gasteiger partial charge in [0.25, 0.3) is 0 Å². The molecule has 0 amide bonds. The standard InChI is InChI=1S/C25H26ClN7O2/c1-33(2)18-11-19(12-18)35-21-5-4-16(10-22(21)34-3)31-25-27-7-6-24(32-25)30-17-8-15-9-23(26)29-14-20(15)28-13-17/h4-10,13-14,18-19H,11-12H2,1-3H3,(H2,27,30,31,32). The van der Waals surface area contributed by atoms with E-state index in [-0.39, 0.29) is 6.10 Å². The summed E-state index contributed by atoms with van der Waals surface area (Å²) in [6.07, 6.45) is 7.28. The van der Waals surface area contributed by atoms with E-state index in [9.17, 15) is 0 Å². The molecule has 1 aromatic carbocycles. The SMILES string of the molecule is COc1cc(Nc2nccc(Nc3cnc4cnc(Cl)cc4c3)n2)ccc1OC1CC(N(C)C)C1. The van der Waals surface area contributed by atoms with Gasteiger partial charge in [-0.15, -0.1) is 0 Å². The number of methoxy groups -OCH3 is 1. The average Bonchev–Trinajstić information content (AvgIpc) is 2.81. The molecule has 1 aliphatic carbocycles. The van der Waals surface area contributed by atoms with E-state index in [0.717, 1.165) is 40.9 Å². The first-order valence-corrected chi connectivity index (χ1v) is 11.6. The first kappa shape index (κ1) is 23.1. The number of ether oxygens (including phenoxy) is 2. The van der Waals surface area contributed by atoms with Crippen molar-refractivity contribution < 1.29 is 9.47 Å². The van der Waals surface area contributed by atoms with Gasteiger partial charge in [-0.1, -0.05) is 11.6 Å². The average molecular weight is 492 g/mol. The number of nitrogens with zero attached hydrogens (tertiary/aromatic N) is 5. The van der Waals surface area contributed by atoms with Gasteiger partial charge in [0, 0.05) is 29.4 Å². The molecule has 0 spiro atoms. The molecular weight excluding hydrogens is 466 g/mol. The molecule has 180 valence electrons. The first-order valence-electron chi connectivity index (χ1n) is 11.3. The third kappa shape index (κ3) is 5.36. The quantitative estimate of drug-likeness (QED) is 0.328. The topological polar surface area (TPSA) is 97.3 Å². The van der Waals surface area contributed by atoms with Crippen LogP contribution in [0.4, 0.5) is 23.1 Å². The zero-order chi connectivity index (χ0) is 24.4. The second kappa shape index (κ2) is 9.89. The number of pyridine rings is 2. The Bertz CT molecular complexity index is 1340. The van der Waals surface area contributed by atoms with E-state index in [1.165, 1.54) is 0 Å². The van der Waals surface area contributed by atoms with Gasteiger partial charge in [-0.3, -0.25) is 4.98 Å². The highest BCUT2D eigenvalue weighted by atomic mass is 35.5. The third-order valence-electron chi connectivity index (χ3n) is 5.98. The van der Waals surface area contributed by atoms with Crippen molar-refractivity contribution in [1.82, 2.24) is 24.8 Å². The second-order valence-corrected chi connectivity index (χ2v) is 9.02. The minimum absolute atomic E-state index is 0.207. The molecule has 5 rings (SSSR count). The first-order chi connectivity index (χ1) is 17.0. The van der Waals surface area contributed by atoms with E-state index in [4.69, 9.17) is 21.1 Å². The molecule has 3 aromatic heterocycles. The lowest BCUT2D eigenvalue weighted by Crippen LogP contribution is -2.46. The van der Waals surface area contributed by atoms with Crippen LogP contribution in [0.15, 0.2) is 55.0 Å². The van der Waals surface area contributed by atoms with Gasteiger partial charge in [-0.2, -0.15) is 4.98 Å². The van der Waals surface area contributed by atoms with Crippen LogP contribution in [0.5, 0.6) is 11.5 Å². The molecule has 1 fully saturated rings. The summed E-state index contributed by atoms with van der Waals surface area (Å²) < 4.78 is 11.7. The van der Waals surface area contributed by atoms with E-state index >= 15 is 0 Å². The Morgan fingerprint density at radius 2 is 1.80 bits per heavy atom. The molecule has 0 atom stereocenters. The molecule has 0 unspecified atom stereocenters. The van der Waals surface area contributed by atoms with Crippen molar-refractivity contribution in [1.29, 1.82) is 0 Å². The maximum Gasteiger partial charge on any atom is 0.229 e. The molecule has 0 radical (unpaired) electrons. The molecule has 1 saturated carbocycles. The van der Waals surface area contributed by atoms with E-state index in [2.05, 4.69) is 49.6 Å². The smallest absolute Gasteiger partial charge is 0.229 e. The molecular formula is C25H26ClN7O2. The molecule has 2 N–H and O–H groups in total. The number of aromatic nitrogens is 4. The summed E-state index contributed by atoms with van der Waals surface area (Å²) in [5, 5.41) is 7.78. The molecule has 10 heteroatoms. The fourth-order valence-corrected chi connectivity index (χ4v) is 4.08. The Hall–Kier alpha value is -3.69. The summed E-state index contributed by atoms with van der Waals surface area (Å²) in [6, 6.07) is 11.8. The van der Waals surface area contributed by atoms with Crippen LogP contribution in [0, 0.1) is 0 Å². The zero-order valence-electron chi connectivity index (χ0n) is 19.7. The number of hydrogen-bond acceptors (Lipinski definition) is 9. The van der Waals surface area contributed by atoms with Crippen LogP contribution in [0.3, 0.4) is 0 Å². The number of hydrogen-bond donors (Lipinski definition) is 2. The Labute approximate surface area is 208 Å².